The molecule has 1 heterocycles. The summed E-state index contributed by atoms with van der Waals surface area (Å²) in [6.07, 6.45) is 4.57. The molecule has 0 aromatic heterocycles. The Kier molecular flexibility index (Phi) is 5.10. The minimum absolute atomic E-state index is 0.108. The topological polar surface area (TPSA) is 26.3 Å². The standard InChI is InChI=1S/C20H28O2/c1-6-7-8-9-18(21)17-13-15-12-16(20(3,4)5)10-11-19(15)22-14(17)2/h10-12H,6-9,13H2,1-5H3. The van der Waals surface area contributed by atoms with Crippen molar-refractivity contribution in [1.29, 1.82) is 0 Å². The van der Waals surface area contributed by atoms with E-state index in [2.05, 4.69) is 39.8 Å². The lowest BCUT2D eigenvalue weighted by molar-refractivity contribution is -0.116. The average Bonchev–Trinajstić information content (AvgIpc) is 2.45. The third kappa shape index (κ3) is 3.79. The van der Waals surface area contributed by atoms with E-state index in [-0.39, 0.29) is 11.2 Å². The average molecular weight is 300 g/mol. The molecular formula is C20H28O2. The first-order chi connectivity index (χ1) is 10.3. The van der Waals surface area contributed by atoms with Gasteiger partial charge in [0.15, 0.2) is 5.78 Å². The van der Waals surface area contributed by atoms with Crippen LogP contribution >= 0.6 is 0 Å². The second-order valence-electron chi connectivity index (χ2n) is 7.27. The van der Waals surface area contributed by atoms with Gasteiger partial charge >= 0.3 is 0 Å². The van der Waals surface area contributed by atoms with Crippen LogP contribution in [0.15, 0.2) is 29.5 Å². The first kappa shape index (κ1) is 16.8. The third-order valence-corrected chi connectivity index (χ3v) is 4.33. The van der Waals surface area contributed by atoms with E-state index in [9.17, 15) is 4.79 Å². The first-order valence-corrected chi connectivity index (χ1v) is 8.37. The van der Waals surface area contributed by atoms with Crippen LogP contribution in [0, 0.1) is 0 Å². The summed E-state index contributed by atoms with van der Waals surface area (Å²) >= 11 is 0. The van der Waals surface area contributed by atoms with Crippen LogP contribution in [0.5, 0.6) is 5.75 Å². The molecule has 0 bridgehead atoms. The van der Waals surface area contributed by atoms with Gasteiger partial charge in [0.2, 0.25) is 0 Å². The molecular weight excluding hydrogens is 272 g/mol. The fourth-order valence-electron chi connectivity index (χ4n) is 2.81. The summed E-state index contributed by atoms with van der Waals surface area (Å²) in [4.78, 5) is 12.4. The number of hydrogen-bond acceptors (Lipinski definition) is 2. The summed E-state index contributed by atoms with van der Waals surface area (Å²) in [5.74, 6) is 1.92. The van der Waals surface area contributed by atoms with Gasteiger partial charge in [0.05, 0.1) is 0 Å². The van der Waals surface area contributed by atoms with E-state index in [1.807, 2.05) is 13.0 Å². The third-order valence-electron chi connectivity index (χ3n) is 4.33. The number of rotatable bonds is 5. The van der Waals surface area contributed by atoms with Gasteiger partial charge in [0, 0.05) is 18.4 Å². The van der Waals surface area contributed by atoms with Crippen LogP contribution in [-0.4, -0.2) is 5.78 Å². The second-order valence-corrected chi connectivity index (χ2v) is 7.27. The van der Waals surface area contributed by atoms with Gasteiger partial charge in [-0.25, -0.2) is 0 Å². The molecule has 0 aliphatic carbocycles. The first-order valence-electron chi connectivity index (χ1n) is 8.37. The van der Waals surface area contributed by atoms with E-state index >= 15 is 0 Å². The van der Waals surface area contributed by atoms with Gasteiger partial charge in [-0.2, -0.15) is 0 Å². The van der Waals surface area contributed by atoms with E-state index in [1.165, 1.54) is 5.56 Å². The van der Waals surface area contributed by atoms with Crippen molar-refractivity contribution < 1.29 is 9.53 Å². The maximum absolute atomic E-state index is 12.4. The van der Waals surface area contributed by atoms with Crippen LogP contribution in [0.1, 0.15) is 71.4 Å². The Morgan fingerprint density at radius 2 is 1.95 bits per heavy atom. The van der Waals surface area contributed by atoms with E-state index in [0.717, 1.165) is 41.9 Å². The number of unbranched alkanes of at least 4 members (excludes halogenated alkanes) is 2. The van der Waals surface area contributed by atoms with Crippen LogP contribution in [0.3, 0.4) is 0 Å². The Labute approximate surface area is 134 Å². The molecule has 1 aliphatic heterocycles. The summed E-state index contributed by atoms with van der Waals surface area (Å²) in [7, 11) is 0. The van der Waals surface area contributed by atoms with Gasteiger partial charge in [-0.1, -0.05) is 52.7 Å². The van der Waals surface area contributed by atoms with Gasteiger partial charge < -0.3 is 4.74 Å². The van der Waals surface area contributed by atoms with Crippen molar-refractivity contribution in [3.05, 3.63) is 40.7 Å². The molecule has 0 amide bonds. The van der Waals surface area contributed by atoms with Crippen molar-refractivity contribution in [3.8, 4) is 5.75 Å². The summed E-state index contributed by atoms with van der Waals surface area (Å²) in [6, 6.07) is 6.36. The molecule has 2 heteroatoms. The van der Waals surface area contributed by atoms with Crippen molar-refractivity contribution in [2.24, 2.45) is 0 Å². The second kappa shape index (κ2) is 6.68. The smallest absolute Gasteiger partial charge is 0.162 e. The van der Waals surface area contributed by atoms with Crippen molar-refractivity contribution in [2.45, 2.75) is 72.1 Å². The number of carbonyl (C=O) groups is 1. The zero-order valence-electron chi connectivity index (χ0n) is 14.6. The van der Waals surface area contributed by atoms with E-state index in [0.29, 0.717) is 12.8 Å². The highest BCUT2D eigenvalue weighted by molar-refractivity contribution is 5.96. The van der Waals surface area contributed by atoms with E-state index in [4.69, 9.17) is 4.74 Å². The summed E-state index contributed by atoms with van der Waals surface area (Å²) < 4.78 is 5.90. The molecule has 0 radical (unpaired) electrons. The zero-order chi connectivity index (χ0) is 16.3. The SMILES string of the molecule is CCCCCC(=O)C1=C(C)Oc2ccc(C(C)(C)C)cc2C1. The number of fused-ring (bicyclic) bond motifs is 1. The Morgan fingerprint density at radius 3 is 2.59 bits per heavy atom. The monoisotopic (exact) mass is 300 g/mol. The van der Waals surface area contributed by atoms with Crippen LogP contribution in [0.25, 0.3) is 0 Å². The number of hydrogen-bond donors (Lipinski definition) is 0. The molecule has 0 N–H and O–H groups in total. The van der Waals surface area contributed by atoms with Crippen LogP contribution in [0.4, 0.5) is 0 Å². The van der Waals surface area contributed by atoms with Gasteiger partial charge in [-0.15, -0.1) is 0 Å². The quantitative estimate of drug-likeness (QED) is 0.686. The molecule has 0 saturated heterocycles. The van der Waals surface area contributed by atoms with Crippen LogP contribution < -0.4 is 4.74 Å². The lowest BCUT2D eigenvalue weighted by Crippen LogP contribution is -2.17. The Balaban J connectivity index is 2.19. The molecule has 120 valence electrons. The largest absolute Gasteiger partial charge is 0.461 e. The number of ketones is 1. The van der Waals surface area contributed by atoms with Gasteiger partial charge in [0.25, 0.3) is 0 Å². The van der Waals surface area contributed by atoms with Gasteiger partial charge in [-0.05, 0) is 36.0 Å². The minimum atomic E-state index is 0.108. The lowest BCUT2D eigenvalue weighted by Gasteiger charge is -2.25. The fraction of sp³-hybridized carbons (Fsp3) is 0.550. The number of ether oxygens (including phenoxy) is 1. The van der Waals surface area contributed by atoms with E-state index in [1.54, 1.807) is 0 Å². The Bertz CT molecular complexity index is 588. The molecule has 1 aromatic rings. The Hall–Kier alpha value is -1.57. The molecule has 1 aliphatic rings. The van der Waals surface area contributed by atoms with Crippen molar-refractivity contribution in [3.63, 3.8) is 0 Å². The zero-order valence-corrected chi connectivity index (χ0v) is 14.6. The normalized spacial score (nSPS) is 14.6. The van der Waals surface area contributed by atoms with Crippen molar-refractivity contribution in [1.82, 2.24) is 0 Å². The molecule has 1 aromatic carbocycles. The predicted octanol–water partition coefficient (Wildman–Crippen LogP) is 5.34. The molecule has 2 rings (SSSR count). The molecule has 2 nitrogen and oxygen atoms in total. The number of allylic oxidation sites excluding steroid dienone is 2. The maximum atomic E-state index is 12.4. The fourth-order valence-corrected chi connectivity index (χ4v) is 2.81. The van der Waals surface area contributed by atoms with E-state index < -0.39 is 0 Å². The van der Waals surface area contributed by atoms with Gasteiger partial charge in [0.1, 0.15) is 11.5 Å². The van der Waals surface area contributed by atoms with Crippen LogP contribution in [0.2, 0.25) is 0 Å². The summed E-state index contributed by atoms with van der Waals surface area (Å²) in [5.41, 5.74) is 3.38. The molecule has 0 atom stereocenters. The molecule has 0 fully saturated rings. The maximum Gasteiger partial charge on any atom is 0.162 e. The lowest BCUT2D eigenvalue weighted by atomic mass is 9.84. The minimum Gasteiger partial charge on any atom is -0.461 e. The number of carbonyl (C=O) groups excluding carboxylic acids is 1. The number of benzene rings is 1. The molecule has 0 saturated carbocycles. The predicted molar refractivity (Wildman–Crippen MR) is 91.3 cm³/mol. The molecule has 0 unspecified atom stereocenters. The molecule has 22 heavy (non-hydrogen) atoms. The van der Waals surface area contributed by atoms with Crippen molar-refractivity contribution >= 4 is 5.78 Å². The number of Topliss-reactive ketones (excluding diaryl/α,β-unsaturated/α-hetero) is 1. The Morgan fingerprint density at radius 1 is 1.23 bits per heavy atom. The van der Waals surface area contributed by atoms with Crippen molar-refractivity contribution in [2.75, 3.05) is 0 Å². The highest BCUT2D eigenvalue weighted by Crippen LogP contribution is 2.34. The molecule has 0 spiro atoms. The highest BCUT2D eigenvalue weighted by atomic mass is 16.5. The summed E-state index contributed by atoms with van der Waals surface area (Å²) in [6.45, 7) is 10.7. The summed E-state index contributed by atoms with van der Waals surface area (Å²) in [5, 5.41) is 0. The highest BCUT2D eigenvalue weighted by Gasteiger charge is 2.24. The van der Waals surface area contributed by atoms with Crippen LogP contribution in [-0.2, 0) is 16.6 Å². The van der Waals surface area contributed by atoms with Gasteiger partial charge in [-0.3, -0.25) is 4.79 Å².